The maximum absolute atomic E-state index is 3.67. The van der Waals surface area contributed by atoms with E-state index >= 15 is 0 Å². The van der Waals surface area contributed by atoms with E-state index in [1.54, 1.807) is 11.3 Å². The Morgan fingerprint density at radius 1 is 1.10 bits per heavy atom. The number of hydrogen-bond acceptors (Lipinski definition) is 2. The van der Waals surface area contributed by atoms with Gasteiger partial charge in [-0.15, -0.1) is 11.3 Å². The van der Waals surface area contributed by atoms with Gasteiger partial charge in [0.15, 0.2) is 0 Å². The lowest BCUT2D eigenvalue weighted by Crippen LogP contribution is -2.18. The van der Waals surface area contributed by atoms with E-state index in [1.165, 1.54) is 25.7 Å². The molecular formula is C17H15Br2NS. The monoisotopic (exact) mass is 423 g/mol. The van der Waals surface area contributed by atoms with E-state index in [2.05, 4.69) is 85.7 Å². The van der Waals surface area contributed by atoms with Crippen LogP contribution in [0.25, 0.3) is 10.8 Å². The Morgan fingerprint density at radius 2 is 1.86 bits per heavy atom. The molecule has 3 aromatic rings. The molecule has 0 aliphatic rings. The topological polar surface area (TPSA) is 12.0 Å². The first-order chi connectivity index (χ1) is 10.2. The van der Waals surface area contributed by atoms with Crippen LogP contribution in [0.3, 0.4) is 0 Å². The van der Waals surface area contributed by atoms with Crippen molar-refractivity contribution in [2.24, 2.45) is 0 Å². The third-order valence-electron chi connectivity index (χ3n) is 3.71. The summed E-state index contributed by atoms with van der Waals surface area (Å²) in [6, 6.07) is 17.6. The van der Waals surface area contributed by atoms with Crippen LogP contribution in [0.2, 0.25) is 0 Å². The highest BCUT2D eigenvalue weighted by molar-refractivity contribution is 9.12. The molecule has 1 heterocycles. The van der Waals surface area contributed by atoms with Crippen LogP contribution in [-0.2, 0) is 6.42 Å². The minimum Gasteiger partial charge on any atom is -0.313 e. The van der Waals surface area contributed by atoms with Gasteiger partial charge in [0.05, 0.1) is 7.57 Å². The highest BCUT2D eigenvalue weighted by atomic mass is 79.9. The van der Waals surface area contributed by atoms with Crippen LogP contribution in [0.1, 0.15) is 17.2 Å². The van der Waals surface area contributed by atoms with E-state index in [1.807, 2.05) is 7.05 Å². The van der Waals surface area contributed by atoms with Gasteiger partial charge in [-0.2, -0.15) is 0 Å². The minimum atomic E-state index is 0.299. The van der Waals surface area contributed by atoms with Crippen LogP contribution in [0.4, 0.5) is 0 Å². The number of nitrogens with one attached hydrogen (secondary N) is 1. The fraction of sp³-hybridized carbons (Fsp3) is 0.176. The van der Waals surface area contributed by atoms with Gasteiger partial charge in [0.1, 0.15) is 0 Å². The average molecular weight is 425 g/mol. The minimum absolute atomic E-state index is 0.299. The van der Waals surface area contributed by atoms with E-state index in [9.17, 15) is 0 Å². The normalized spacial score (nSPS) is 12.7. The van der Waals surface area contributed by atoms with Crippen molar-refractivity contribution >= 4 is 54.0 Å². The lowest BCUT2D eigenvalue weighted by molar-refractivity contribution is 0.594. The number of likely N-dealkylation sites (N-methyl/N-ethyl adjacent to an activating group) is 1. The van der Waals surface area contributed by atoms with Gasteiger partial charge < -0.3 is 5.32 Å². The predicted octanol–water partition coefficient (Wildman–Crippen LogP) is 5.93. The summed E-state index contributed by atoms with van der Waals surface area (Å²) in [5.74, 6) is 0. The van der Waals surface area contributed by atoms with Crippen LogP contribution >= 0.6 is 43.2 Å². The molecule has 0 fully saturated rings. The lowest BCUT2D eigenvalue weighted by Gasteiger charge is -2.17. The Morgan fingerprint density at radius 3 is 2.57 bits per heavy atom. The molecule has 1 nitrogen and oxygen atoms in total. The van der Waals surface area contributed by atoms with E-state index in [4.69, 9.17) is 0 Å². The van der Waals surface area contributed by atoms with Gasteiger partial charge in [0.2, 0.25) is 0 Å². The third-order valence-corrected chi connectivity index (χ3v) is 6.10. The molecule has 1 atom stereocenters. The Hall–Kier alpha value is -0.680. The van der Waals surface area contributed by atoms with Gasteiger partial charge in [0, 0.05) is 6.04 Å². The van der Waals surface area contributed by atoms with Crippen molar-refractivity contribution in [3.05, 3.63) is 67.2 Å². The number of thiophene rings is 1. The zero-order valence-corrected chi connectivity index (χ0v) is 15.6. The highest BCUT2D eigenvalue weighted by Gasteiger charge is 2.17. The van der Waals surface area contributed by atoms with Crippen molar-refractivity contribution in [2.45, 2.75) is 12.5 Å². The van der Waals surface area contributed by atoms with Crippen LogP contribution in [-0.4, -0.2) is 7.05 Å². The Kier molecular flexibility index (Phi) is 4.79. The summed E-state index contributed by atoms with van der Waals surface area (Å²) >= 11 is 8.96. The number of benzene rings is 2. The standard InChI is InChI=1S/C17H15Br2NS/c1-20-15(14-10-16(18)21-17(14)19)9-12-7-4-6-11-5-2-3-8-13(11)12/h2-8,10,15,20H,9H2,1H3. The molecule has 1 N–H and O–H groups in total. The van der Waals surface area contributed by atoms with Crippen LogP contribution in [0.15, 0.2) is 56.1 Å². The zero-order valence-electron chi connectivity index (χ0n) is 11.6. The molecule has 108 valence electrons. The molecule has 0 saturated heterocycles. The van der Waals surface area contributed by atoms with Crippen molar-refractivity contribution in [3.8, 4) is 0 Å². The molecule has 0 radical (unpaired) electrons. The molecule has 0 bridgehead atoms. The smallest absolute Gasteiger partial charge is 0.0758 e. The summed E-state index contributed by atoms with van der Waals surface area (Å²) in [5.41, 5.74) is 2.68. The number of fused-ring (bicyclic) bond motifs is 1. The summed E-state index contributed by atoms with van der Waals surface area (Å²) in [6.07, 6.45) is 0.972. The van der Waals surface area contributed by atoms with E-state index in [0.717, 1.165) is 10.2 Å². The van der Waals surface area contributed by atoms with Crippen molar-refractivity contribution in [2.75, 3.05) is 7.05 Å². The molecule has 2 aromatic carbocycles. The van der Waals surface area contributed by atoms with Crippen molar-refractivity contribution < 1.29 is 0 Å². The third kappa shape index (κ3) is 3.24. The molecule has 3 rings (SSSR count). The fourth-order valence-electron chi connectivity index (χ4n) is 2.65. The quantitative estimate of drug-likeness (QED) is 0.547. The van der Waals surface area contributed by atoms with E-state index in [0.29, 0.717) is 6.04 Å². The first-order valence-electron chi connectivity index (χ1n) is 6.77. The van der Waals surface area contributed by atoms with Crippen LogP contribution in [0.5, 0.6) is 0 Å². The fourth-order valence-corrected chi connectivity index (χ4v) is 5.62. The van der Waals surface area contributed by atoms with E-state index < -0.39 is 0 Å². The first-order valence-corrected chi connectivity index (χ1v) is 9.18. The molecular weight excluding hydrogens is 410 g/mol. The first kappa shape index (κ1) is 15.2. The van der Waals surface area contributed by atoms with Crippen LogP contribution in [0, 0.1) is 0 Å². The molecule has 0 spiro atoms. The van der Waals surface area contributed by atoms with Crippen LogP contribution < -0.4 is 5.32 Å². The Labute approximate surface area is 145 Å². The number of rotatable bonds is 4. The molecule has 0 saturated carbocycles. The van der Waals surface area contributed by atoms with Crippen molar-refractivity contribution in [3.63, 3.8) is 0 Å². The maximum atomic E-state index is 3.67. The Balaban J connectivity index is 1.98. The molecule has 0 aliphatic carbocycles. The van der Waals surface area contributed by atoms with Gasteiger partial charge in [-0.3, -0.25) is 0 Å². The second kappa shape index (κ2) is 6.61. The van der Waals surface area contributed by atoms with Gasteiger partial charge >= 0.3 is 0 Å². The van der Waals surface area contributed by atoms with Gasteiger partial charge in [-0.05, 0) is 73.3 Å². The molecule has 0 aliphatic heterocycles. The number of hydrogen-bond donors (Lipinski definition) is 1. The molecule has 4 heteroatoms. The number of halogens is 2. The largest absolute Gasteiger partial charge is 0.313 e. The SMILES string of the molecule is CNC(Cc1cccc2ccccc12)c1cc(Br)sc1Br. The Bertz CT molecular complexity index is 761. The second-order valence-electron chi connectivity index (χ2n) is 4.96. The molecule has 1 unspecified atom stereocenters. The van der Waals surface area contributed by atoms with Gasteiger partial charge in [-0.1, -0.05) is 42.5 Å². The molecule has 0 amide bonds. The predicted molar refractivity (Wildman–Crippen MR) is 99.2 cm³/mol. The molecule has 1 aromatic heterocycles. The summed E-state index contributed by atoms with van der Waals surface area (Å²) < 4.78 is 2.34. The summed E-state index contributed by atoms with van der Waals surface area (Å²) in [7, 11) is 2.02. The lowest BCUT2D eigenvalue weighted by atomic mass is 9.96. The highest BCUT2D eigenvalue weighted by Crippen LogP contribution is 2.37. The van der Waals surface area contributed by atoms with E-state index in [-0.39, 0.29) is 0 Å². The maximum Gasteiger partial charge on any atom is 0.0758 e. The average Bonchev–Trinajstić information content (AvgIpc) is 2.83. The zero-order chi connectivity index (χ0) is 14.8. The summed E-state index contributed by atoms with van der Waals surface area (Å²) in [6.45, 7) is 0. The van der Waals surface area contributed by atoms with Gasteiger partial charge in [-0.25, -0.2) is 0 Å². The summed E-state index contributed by atoms with van der Waals surface area (Å²) in [4.78, 5) is 0. The second-order valence-corrected chi connectivity index (χ2v) is 8.71. The van der Waals surface area contributed by atoms with Gasteiger partial charge in [0.25, 0.3) is 0 Å². The summed E-state index contributed by atoms with van der Waals surface area (Å²) in [5, 5.41) is 6.08. The van der Waals surface area contributed by atoms with Crippen molar-refractivity contribution in [1.29, 1.82) is 0 Å². The van der Waals surface area contributed by atoms with Crippen molar-refractivity contribution in [1.82, 2.24) is 5.32 Å². The molecule has 21 heavy (non-hydrogen) atoms.